The lowest BCUT2D eigenvalue weighted by molar-refractivity contribution is 0.102. The van der Waals surface area contributed by atoms with Gasteiger partial charge in [-0.2, -0.15) is 5.26 Å². The maximum absolute atomic E-state index is 12.6. The van der Waals surface area contributed by atoms with Gasteiger partial charge < -0.3 is 5.32 Å². The first-order valence-electron chi connectivity index (χ1n) is 8.53. The Hall–Kier alpha value is -2.12. The smallest absolute Gasteiger partial charge is 0.256 e. The van der Waals surface area contributed by atoms with E-state index >= 15 is 0 Å². The van der Waals surface area contributed by atoms with Crippen LogP contribution in [0, 0.1) is 25.2 Å². The van der Waals surface area contributed by atoms with E-state index in [0.717, 1.165) is 30.4 Å². The minimum atomic E-state index is -0.135. The van der Waals surface area contributed by atoms with Gasteiger partial charge in [-0.1, -0.05) is 18.9 Å². The summed E-state index contributed by atoms with van der Waals surface area (Å²) < 4.78 is 0. The quantitative estimate of drug-likeness (QED) is 0.823. The van der Waals surface area contributed by atoms with E-state index in [1.165, 1.54) is 29.7 Å². The molecular formula is C20H22N2OS. The van der Waals surface area contributed by atoms with Gasteiger partial charge in [0.2, 0.25) is 0 Å². The number of hydrogen-bond acceptors (Lipinski definition) is 3. The number of nitriles is 1. The van der Waals surface area contributed by atoms with Crippen LogP contribution in [0.4, 0.5) is 5.00 Å². The highest BCUT2D eigenvalue weighted by molar-refractivity contribution is 7.16. The van der Waals surface area contributed by atoms with E-state index in [0.29, 0.717) is 16.1 Å². The summed E-state index contributed by atoms with van der Waals surface area (Å²) >= 11 is 1.59. The number of benzene rings is 1. The van der Waals surface area contributed by atoms with Crippen LogP contribution in [0.1, 0.15) is 63.2 Å². The number of fused-ring (bicyclic) bond motifs is 1. The maximum Gasteiger partial charge on any atom is 0.256 e. The van der Waals surface area contributed by atoms with Gasteiger partial charge in [-0.15, -0.1) is 11.3 Å². The second-order valence-corrected chi connectivity index (χ2v) is 7.59. The number of amides is 1. The Balaban J connectivity index is 1.89. The minimum Gasteiger partial charge on any atom is -0.312 e. The Kier molecular flexibility index (Phi) is 5.01. The lowest BCUT2D eigenvalue weighted by Gasteiger charge is -2.08. The van der Waals surface area contributed by atoms with Gasteiger partial charge in [0.25, 0.3) is 5.91 Å². The summed E-state index contributed by atoms with van der Waals surface area (Å²) in [6, 6.07) is 8.03. The van der Waals surface area contributed by atoms with E-state index < -0.39 is 0 Å². The highest BCUT2D eigenvalue weighted by Crippen LogP contribution is 2.36. The van der Waals surface area contributed by atoms with Gasteiger partial charge in [0, 0.05) is 10.4 Å². The molecule has 3 nitrogen and oxygen atoms in total. The van der Waals surface area contributed by atoms with Crippen LogP contribution in [0.3, 0.4) is 0 Å². The molecule has 0 spiro atoms. The number of nitrogens with zero attached hydrogens (tertiary/aromatic N) is 1. The van der Waals surface area contributed by atoms with Gasteiger partial charge in [-0.05, 0) is 68.4 Å². The fourth-order valence-corrected chi connectivity index (χ4v) is 4.42. The van der Waals surface area contributed by atoms with Gasteiger partial charge in [-0.25, -0.2) is 0 Å². The van der Waals surface area contributed by atoms with Crippen LogP contribution in [-0.2, 0) is 12.8 Å². The standard InChI is InChI=1S/C20H22N2OS/c1-13-9-10-15(11-14(13)2)19(23)22-20-17(12-21)16-7-5-3-4-6-8-18(16)24-20/h9-11H,3-8H2,1-2H3,(H,22,23). The zero-order chi connectivity index (χ0) is 17.1. The van der Waals surface area contributed by atoms with Crippen molar-refractivity contribution in [2.75, 3.05) is 5.32 Å². The van der Waals surface area contributed by atoms with Crippen molar-refractivity contribution in [1.29, 1.82) is 5.26 Å². The molecule has 1 heterocycles. The van der Waals surface area contributed by atoms with Crippen molar-refractivity contribution >= 4 is 22.2 Å². The largest absolute Gasteiger partial charge is 0.312 e. The van der Waals surface area contributed by atoms with E-state index in [1.807, 2.05) is 32.0 Å². The fourth-order valence-electron chi connectivity index (χ4n) is 3.18. The average Bonchev–Trinajstić information content (AvgIpc) is 2.85. The third-order valence-corrected chi connectivity index (χ3v) is 5.99. The van der Waals surface area contributed by atoms with Crippen molar-refractivity contribution in [2.24, 2.45) is 0 Å². The molecule has 2 aromatic rings. The van der Waals surface area contributed by atoms with Gasteiger partial charge in [0.05, 0.1) is 5.56 Å². The van der Waals surface area contributed by atoms with Gasteiger partial charge in [0.1, 0.15) is 11.1 Å². The van der Waals surface area contributed by atoms with Crippen LogP contribution in [0.2, 0.25) is 0 Å². The molecule has 4 heteroatoms. The first-order valence-corrected chi connectivity index (χ1v) is 9.35. The third-order valence-electron chi connectivity index (χ3n) is 4.78. The Morgan fingerprint density at radius 1 is 1.12 bits per heavy atom. The first-order chi connectivity index (χ1) is 11.6. The van der Waals surface area contributed by atoms with Crippen molar-refractivity contribution in [2.45, 2.75) is 52.4 Å². The molecule has 0 atom stereocenters. The molecule has 1 aromatic heterocycles. The SMILES string of the molecule is Cc1ccc(C(=O)Nc2sc3c(c2C#N)CCCCCC3)cc1C. The highest BCUT2D eigenvalue weighted by atomic mass is 32.1. The van der Waals surface area contributed by atoms with E-state index in [4.69, 9.17) is 0 Å². The lowest BCUT2D eigenvalue weighted by Crippen LogP contribution is -2.12. The predicted octanol–water partition coefficient (Wildman–Crippen LogP) is 5.15. The molecule has 3 rings (SSSR count). The van der Waals surface area contributed by atoms with E-state index in [1.54, 1.807) is 11.3 Å². The topological polar surface area (TPSA) is 52.9 Å². The molecule has 0 aliphatic heterocycles. The van der Waals surface area contributed by atoms with Crippen LogP contribution >= 0.6 is 11.3 Å². The van der Waals surface area contributed by atoms with Gasteiger partial charge >= 0.3 is 0 Å². The molecule has 1 amide bonds. The second kappa shape index (κ2) is 7.19. The molecule has 1 aliphatic rings. The molecule has 24 heavy (non-hydrogen) atoms. The lowest BCUT2D eigenvalue weighted by atomic mass is 9.97. The van der Waals surface area contributed by atoms with Crippen LogP contribution in [-0.4, -0.2) is 5.91 Å². The summed E-state index contributed by atoms with van der Waals surface area (Å²) in [7, 11) is 0. The number of thiophene rings is 1. The van der Waals surface area contributed by atoms with E-state index in [2.05, 4.69) is 11.4 Å². The number of carbonyl (C=O) groups excluding carboxylic acids is 1. The van der Waals surface area contributed by atoms with Crippen molar-refractivity contribution in [1.82, 2.24) is 0 Å². The van der Waals surface area contributed by atoms with E-state index in [-0.39, 0.29) is 5.91 Å². The predicted molar refractivity (Wildman–Crippen MR) is 98.8 cm³/mol. The number of rotatable bonds is 2. The average molecular weight is 338 g/mol. The molecule has 1 aromatic carbocycles. The summed E-state index contributed by atoms with van der Waals surface area (Å²) in [6.45, 7) is 4.04. The highest BCUT2D eigenvalue weighted by Gasteiger charge is 2.20. The fraction of sp³-hybridized carbons (Fsp3) is 0.400. The summed E-state index contributed by atoms with van der Waals surface area (Å²) in [5.74, 6) is -0.135. The van der Waals surface area contributed by atoms with Crippen molar-refractivity contribution in [3.05, 3.63) is 50.9 Å². The summed E-state index contributed by atoms with van der Waals surface area (Å²) in [5.41, 5.74) is 4.75. The Labute approximate surface area is 147 Å². The normalized spacial score (nSPS) is 14.2. The monoisotopic (exact) mass is 338 g/mol. The summed E-state index contributed by atoms with van der Waals surface area (Å²) in [5, 5.41) is 13.3. The molecule has 0 radical (unpaired) electrons. The molecular weight excluding hydrogens is 316 g/mol. The molecule has 0 fully saturated rings. The van der Waals surface area contributed by atoms with Crippen molar-refractivity contribution in [3.63, 3.8) is 0 Å². The molecule has 0 saturated carbocycles. The van der Waals surface area contributed by atoms with Crippen molar-refractivity contribution in [3.8, 4) is 6.07 Å². The van der Waals surface area contributed by atoms with Gasteiger partial charge in [0.15, 0.2) is 0 Å². The number of nitrogens with one attached hydrogen (secondary N) is 1. The molecule has 0 unspecified atom stereocenters. The maximum atomic E-state index is 12.6. The molecule has 0 bridgehead atoms. The summed E-state index contributed by atoms with van der Waals surface area (Å²) in [4.78, 5) is 13.9. The number of hydrogen-bond donors (Lipinski definition) is 1. The Morgan fingerprint density at radius 2 is 1.88 bits per heavy atom. The zero-order valence-electron chi connectivity index (χ0n) is 14.2. The molecule has 124 valence electrons. The van der Waals surface area contributed by atoms with Gasteiger partial charge in [-0.3, -0.25) is 4.79 Å². The zero-order valence-corrected chi connectivity index (χ0v) is 15.1. The first kappa shape index (κ1) is 16.7. The summed E-state index contributed by atoms with van der Waals surface area (Å²) in [6.07, 6.45) is 6.75. The molecule has 1 N–H and O–H groups in total. The number of anilines is 1. The molecule has 1 aliphatic carbocycles. The Morgan fingerprint density at radius 3 is 2.58 bits per heavy atom. The van der Waals surface area contributed by atoms with Crippen LogP contribution in [0.15, 0.2) is 18.2 Å². The number of carbonyl (C=O) groups is 1. The van der Waals surface area contributed by atoms with Crippen LogP contribution < -0.4 is 5.32 Å². The minimum absolute atomic E-state index is 0.135. The Bertz CT molecular complexity index is 814. The second-order valence-electron chi connectivity index (χ2n) is 6.49. The molecule has 0 saturated heterocycles. The van der Waals surface area contributed by atoms with E-state index in [9.17, 15) is 10.1 Å². The number of aryl methyl sites for hydroxylation is 3. The van der Waals surface area contributed by atoms with Crippen LogP contribution in [0.25, 0.3) is 0 Å². The van der Waals surface area contributed by atoms with Crippen LogP contribution in [0.5, 0.6) is 0 Å². The third kappa shape index (κ3) is 3.37. The van der Waals surface area contributed by atoms with Crippen molar-refractivity contribution < 1.29 is 4.79 Å².